The lowest BCUT2D eigenvalue weighted by atomic mass is 10.1. The van der Waals surface area contributed by atoms with Crippen LogP contribution in [0.1, 0.15) is 16.0 Å². The van der Waals surface area contributed by atoms with Crippen LogP contribution in [0, 0.1) is 13.8 Å². The second-order valence-corrected chi connectivity index (χ2v) is 5.47. The van der Waals surface area contributed by atoms with E-state index in [9.17, 15) is 0 Å². The summed E-state index contributed by atoms with van der Waals surface area (Å²) in [4.78, 5) is 5.31. The molecule has 0 radical (unpaired) electrons. The zero-order valence-electron chi connectivity index (χ0n) is 9.83. The van der Waals surface area contributed by atoms with Crippen molar-refractivity contribution in [1.29, 1.82) is 0 Å². The van der Waals surface area contributed by atoms with Gasteiger partial charge in [-0.15, -0.1) is 11.3 Å². The highest BCUT2D eigenvalue weighted by molar-refractivity contribution is 7.15. The number of rotatable bonds is 3. The lowest BCUT2D eigenvalue weighted by Gasteiger charge is -2.02. The van der Waals surface area contributed by atoms with Crippen LogP contribution in [-0.2, 0) is 6.42 Å². The van der Waals surface area contributed by atoms with Crippen LogP contribution in [-0.4, -0.2) is 16.7 Å². The lowest BCUT2D eigenvalue weighted by molar-refractivity contribution is 0.300. The fraction of sp³-hybridized carbons (Fsp3) is 0.308. The first-order valence-corrected chi connectivity index (χ1v) is 6.65. The van der Waals surface area contributed by atoms with Crippen LogP contribution >= 0.6 is 22.9 Å². The monoisotopic (exact) mass is 267 g/mol. The zero-order chi connectivity index (χ0) is 12.4. The molecule has 2 nitrogen and oxygen atoms in total. The topological polar surface area (TPSA) is 33.1 Å². The highest BCUT2D eigenvalue weighted by Crippen LogP contribution is 2.33. The zero-order valence-corrected chi connectivity index (χ0v) is 11.4. The summed E-state index contributed by atoms with van der Waals surface area (Å²) in [5, 5.41) is 10.4. The average molecular weight is 268 g/mol. The largest absolute Gasteiger partial charge is 0.396 e. The number of aliphatic hydroxyl groups is 1. The molecule has 1 aromatic heterocycles. The summed E-state index contributed by atoms with van der Waals surface area (Å²) in [6.45, 7) is 4.25. The Kier molecular flexibility index (Phi) is 3.82. The summed E-state index contributed by atoms with van der Waals surface area (Å²) in [5.41, 5.74) is 3.56. The number of halogens is 1. The Morgan fingerprint density at radius 1 is 1.35 bits per heavy atom. The maximum Gasteiger partial charge on any atom is 0.143 e. The molecule has 0 atom stereocenters. The molecule has 0 fully saturated rings. The van der Waals surface area contributed by atoms with E-state index in [1.165, 1.54) is 11.1 Å². The average Bonchev–Trinajstić information content (AvgIpc) is 2.60. The Morgan fingerprint density at radius 2 is 2.12 bits per heavy atom. The summed E-state index contributed by atoms with van der Waals surface area (Å²) >= 11 is 7.60. The van der Waals surface area contributed by atoms with Crippen molar-refractivity contribution in [1.82, 2.24) is 4.98 Å². The minimum absolute atomic E-state index is 0.105. The number of aryl methyl sites for hydroxylation is 2. The normalized spacial score (nSPS) is 10.8. The van der Waals surface area contributed by atoms with Crippen LogP contribution < -0.4 is 0 Å². The maximum atomic E-state index is 8.94. The number of aliphatic hydroxyl groups excluding tert-OH is 1. The van der Waals surface area contributed by atoms with Crippen LogP contribution in [0.5, 0.6) is 0 Å². The van der Waals surface area contributed by atoms with E-state index in [0.717, 1.165) is 15.4 Å². The Morgan fingerprint density at radius 3 is 2.76 bits per heavy atom. The van der Waals surface area contributed by atoms with Crippen molar-refractivity contribution < 1.29 is 5.11 Å². The predicted molar refractivity (Wildman–Crippen MR) is 72.8 cm³/mol. The third-order valence-electron chi connectivity index (χ3n) is 2.60. The van der Waals surface area contributed by atoms with Gasteiger partial charge in [-0.3, -0.25) is 0 Å². The van der Waals surface area contributed by atoms with Crippen molar-refractivity contribution in [3.63, 3.8) is 0 Å². The van der Waals surface area contributed by atoms with Crippen molar-refractivity contribution in [2.45, 2.75) is 20.3 Å². The molecular weight excluding hydrogens is 254 g/mol. The second kappa shape index (κ2) is 5.17. The van der Waals surface area contributed by atoms with Crippen molar-refractivity contribution in [3.05, 3.63) is 39.4 Å². The van der Waals surface area contributed by atoms with Crippen LogP contribution in [0.25, 0.3) is 10.6 Å². The van der Waals surface area contributed by atoms with Gasteiger partial charge in [0.05, 0.1) is 0 Å². The molecule has 2 aromatic rings. The van der Waals surface area contributed by atoms with E-state index in [4.69, 9.17) is 16.7 Å². The van der Waals surface area contributed by atoms with Crippen molar-refractivity contribution in [2.24, 2.45) is 0 Å². The summed E-state index contributed by atoms with van der Waals surface area (Å²) in [6, 6.07) is 6.28. The minimum Gasteiger partial charge on any atom is -0.396 e. The standard InChI is InChI=1S/C13H14ClNOS/c1-8-3-4-10(9(2)7-8)13-15-12(14)11(17-13)5-6-16/h3-4,7,16H,5-6H2,1-2H3. The number of benzene rings is 1. The molecule has 0 aliphatic rings. The number of hydrogen-bond donors (Lipinski definition) is 1. The Balaban J connectivity index is 2.42. The van der Waals surface area contributed by atoms with Gasteiger partial charge < -0.3 is 5.11 Å². The third kappa shape index (κ3) is 2.68. The molecule has 2 rings (SSSR count). The summed E-state index contributed by atoms with van der Waals surface area (Å²) < 4.78 is 0. The van der Waals surface area contributed by atoms with Gasteiger partial charge >= 0.3 is 0 Å². The SMILES string of the molecule is Cc1ccc(-c2nc(Cl)c(CCO)s2)c(C)c1. The Bertz CT molecular complexity index is 536. The summed E-state index contributed by atoms with van der Waals surface area (Å²) in [5.74, 6) is 0. The highest BCUT2D eigenvalue weighted by atomic mass is 35.5. The van der Waals surface area contributed by atoms with Crippen molar-refractivity contribution in [3.8, 4) is 10.6 Å². The summed E-state index contributed by atoms with van der Waals surface area (Å²) in [7, 11) is 0. The summed E-state index contributed by atoms with van der Waals surface area (Å²) in [6.07, 6.45) is 0.571. The minimum atomic E-state index is 0.105. The quantitative estimate of drug-likeness (QED) is 0.922. The molecule has 0 aliphatic heterocycles. The van der Waals surface area contributed by atoms with Crippen LogP contribution in [0.3, 0.4) is 0 Å². The van der Waals surface area contributed by atoms with E-state index in [1.54, 1.807) is 11.3 Å². The molecule has 0 aliphatic carbocycles. The molecular formula is C13H14ClNOS. The van der Waals surface area contributed by atoms with Gasteiger partial charge in [0.15, 0.2) is 0 Å². The van der Waals surface area contributed by atoms with E-state index in [2.05, 4.69) is 37.0 Å². The van der Waals surface area contributed by atoms with E-state index in [0.29, 0.717) is 11.6 Å². The highest BCUT2D eigenvalue weighted by Gasteiger charge is 2.12. The van der Waals surface area contributed by atoms with Crippen LogP contribution in [0.2, 0.25) is 5.15 Å². The molecule has 4 heteroatoms. The van der Waals surface area contributed by atoms with Crippen molar-refractivity contribution >= 4 is 22.9 Å². The molecule has 0 bridgehead atoms. The Labute approximate surface area is 110 Å². The van der Waals surface area contributed by atoms with E-state index in [-0.39, 0.29) is 6.61 Å². The number of nitrogens with zero attached hydrogens (tertiary/aromatic N) is 1. The van der Waals surface area contributed by atoms with E-state index < -0.39 is 0 Å². The van der Waals surface area contributed by atoms with Crippen molar-refractivity contribution in [2.75, 3.05) is 6.61 Å². The molecule has 0 amide bonds. The van der Waals surface area contributed by atoms with Crippen LogP contribution in [0.4, 0.5) is 0 Å². The molecule has 0 saturated heterocycles. The molecule has 0 unspecified atom stereocenters. The Hall–Kier alpha value is -0.900. The molecule has 0 spiro atoms. The molecule has 1 N–H and O–H groups in total. The smallest absolute Gasteiger partial charge is 0.143 e. The van der Waals surface area contributed by atoms with Gasteiger partial charge in [0.2, 0.25) is 0 Å². The molecule has 90 valence electrons. The first-order chi connectivity index (χ1) is 8.11. The second-order valence-electron chi connectivity index (χ2n) is 4.02. The van der Waals surface area contributed by atoms with Gasteiger partial charge in [-0.2, -0.15) is 0 Å². The molecule has 1 aromatic carbocycles. The van der Waals surface area contributed by atoms with Crippen LogP contribution in [0.15, 0.2) is 18.2 Å². The fourth-order valence-corrected chi connectivity index (χ4v) is 3.13. The van der Waals surface area contributed by atoms with Gasteiger partial charge in [0.1, 0.15) is 10.2 Å². The first-order valence-electron chi connectivity index (χ1n) is 5.45. The molecule has 1 heterocycles. The molecule has 17 heavy (non-hydrogen) atoms. The van der Waals surface area contributed by atoms with E-state index in [1.807, 2.05) is 0 Å². The molecule has 0 saturated carbocycles. The predicted octanol–water partition coefficient (Wildman–Crippen LogP) is 3.62. The lowest BCUT2D eigenvalue weighted by Crippen LogP contribution is -1.86. The first kappa shape index (κ1) is 12.6. The third-order valence-corrected chi connectivity index (χ3v) is 4.17. The van der Waals surface area contributed by atoms with Gasteiger partial charge in [-0.25, -0.2) is 4.98 Å². The number of hydrogen-bond acceptors (Lipinski definition) is 3. The van der Waals surface area contributed by atoms with Gasteiger partial charge in [0, 0.05) is 23.5 Å². The van der Waals surface area contributed by atoms with Gasteiger partial charge in [-0.1, -0.05) is 35.4 Å². The van der Waals surface area contributed by atoms with E-state index >= 15 is 0 Å². The maximum absolute atomic E-state index is 8.94. The van der Waals surface area contributed by atoms with Gasteiger partial charge in [0.25, 0.3) is 0 Å². The number of thiazole rings is 1. The fourth-order valence-electron chi connectivity index (χ4n) is 1.76. The van der Waals surface area contributed by atoms with Gasteiger partial charge in [-0.05, 0) is 19.4 Å². The number of aromatic nitrogens is 1.